The molecular weight excluding hydrogens is 717 g/mol. The molecule has 0 N–H and O–H groups in total. The highest BCUT2D eigenvalue weighted by Gasteiger charge is 2.20. The fraction of sp³-hybridized carbons (Fsp3) is 0. The Kier molecular flexibility index (Phi) is 7.03. The van der Waals surface area contributed by atoms with E-state index in [-0.39, 0.29) is 0 Å². The van der Waals surface area contributed by atoms with E-state index >= 15 is 0 Å². The monoisotopic (exact) mass is 746 g/mol. The van der Waals surface area contributed by atoms with Crippen LogP contribution in [0.5, 0.6) is 0 Å². The quantitative estimate of drug-likeness (QED) is 0.176. The summed E-state index contributed by atoms with van der Waals surface area (Å²) in [6.45, 7) is 0. The number of thiophene rings is 1. The number of rotatable bonds is 5. The van der Waals surface area contributed by atoms with Crippen LogP contribution in [0.15, 0.2) is 186 Å². The van der Waals surface area contributed by atoms with Crippen LogP contribution in [-0.2, 0) is 0 Å². The Morgan fingerprint density at radius 3 is 1.70 bits per heavy atom. The Morgan fingerprint density at radius 1 is 0.404 bits per heavy atom. The maximum atomic E-state index is 6.79. The lowest BCUT2D eigenvalue weighted by atomic mass is 10.0. The van der Waals surface area contributed by atoms with Gasteiger partial charge in [-0.3, -0.25) is 0 Å². The van der Waals surface area contributed by atoms with Gasteiger partial charge in [-0.1, -0.05) is 133 Å². The summed E-state index contributed by atoms with van der Waals surface area (Å²) in [6, 6.07) is 63.8. The highest BCUT2D eigenvalue weighted by atomic mass is 32.1. The van der Waals surface area contributed by atoms with Crippen LogP contribution in [0, 0.1) is 0 Å². The second-order valence-electron chi connectivity index (χ2n) is 14.4. The fourth-order valence-corrected chi connectivity index (χ4v) is 9.64. The van der Waals surface area contributed by atoms with Crippen molar-refractivity contribution in [3.8, 4) is 51.0 Å². The Bertz CT molecular complexity index is 3420. The van der Waals surface area contributed by atoms with E-state index in [0.29, 0.717) is 17.5 Å². The Balaban J connectivity index is 0.991. The van der Waals surface area contributed by atoms with Crippen molar-refractivity contribution in [3.05, 3.63) is 182 Å². The zero-order chi connectivity index (χ0) is 37.5. The van der Waals surface area contributed by atoms with Gasteiger partial charge in [-0.25, -0.2) is 15.0 Å². The molecule has 4 aromatic heterocycles. The summed E-state index contributed by atoms with van der Waals surface area (Å²) in [5, 5.41) is 7.11. The van der Waals surface area contributed by atoms with Crippen LogP contribution in [0.4, 0.5) is 0 Å². The van der Waals surface area contributed by atoms with Gasteiger partial charge in [0.1, 0.15) is 11.2 Å². The largest absolute Gasteiger partial charge is 0.455 e. The number of aromatic nitrogens is 4. The molecule has 0 radical (unpaired) electrons. The lowest BCUT2D eigenvalue weighted by molar-refractivity contribution is 0.669. The number of benzene rings is 8. The lowest BCUT2D eigenvalue weighted by Gasteiger charge is -2.08. The molecule has 0 bridgehead atoms. The summed E-state index contributed by atoms with van der Waals surface area (Å²) < 4.78 is 11.7. The third-order valence-electron chi connectivity index (χ3n) is 11.1. The molecule has 0 saturated carbocycles. The molecule has 6 heteroatoms. The molecule has 0 spiro atoms. The predicted molar refractivity (Wildman–Crippen MR) is 236 cm³/mol. The number of fused-ring (bicyclic) bond motifs is 9. The first-order valence-electron chi connectivity index (χ1n) is 19.0. The molecule has 57 heavy (non-hydrogen) atoms. The number of hydrogen-bond acceptors (Lipinski definition) is 5. The summed E-state index contributed by atoms with van der Waals surface area (Å²) in [6.07, 6.45) is 0. The van der Waals surface area contributed by atoms with Crippen molar-refractivity contribution in [1.29, 1.82) is 0 Å². The lowest BCUT2D eigenvalue weighted by Crippen LogP contribution is -2.00. The van der Waals surface area contributed by atoms with Gasteiger partial charge in [0.25, 0.3) is 0 Å². The molecule has 0 saturated heterocycles. The summed E-state index contributed by atoms with van der Waals surface area (Å²) in [7, 11) is 0. The molecule has 0 atom stereocenters. The minimum atomic E-state index is 0.572. The number of hydrogen-bond donors (Lipinski definition) is 0. The van der Waals surface area contributed by atoms with Crippen LogP contribution in [0.25, 0.3) is 115 Å². The normalized spacial score (nSPS) is 11.9. The fourth-order valence-electron chi connectivity index (χ4n) is 8.42. The second-order valence-corrected chi connectivity index (χ2v) is 15.4. The number of nitrogens with zero attached hydrogens (tertiary/aromatic N) is 4. The first kappa shape index (κ1) is 31.9. The third-order valence-corrected chi connectivity index (χ3v) is 12.3. The van der Waals surface area contributed by atoms with Crippen LogP contribution < -0.4 is 0 Å². The maximum absolute atomic E-state index is 6.79. The van der Waals surface area contributed by atoms with E-state index in [0.717, 1.165) is 49.9 Å². The van der Waals surface area contributed by atoms with Crippen LogP contribution in [0.2, 0.25) is 0 Å². The molecule has 4 heterocycles. The van der Waals surface area contributed by atoms with E-state index in [1.165, 1.54) is 47.5 Å². The minimum absolute atomic E-state index is 0.572. The molecule has 266 valence electrons. The van der Waals surface area contributed by atoms with Gasteiger partial charge in [-0.05, 0) is 59.7 Å². The first-order valence-corrected chi connectivity index (χ1v) is 19.8. The molecule has 0 aliphatic carbocycles. The van der Waals surface area contributed by atoms with Crippen molar-refractivity contribution in [2.75, 3.05) is 0 Å². The first-order chi connectivity index (χ1) is 28.2. The van der Waals surface area contributed by atoms with Crippen LogP contribution >= 0.6 is 11.3 Å². The van der Waals surface area contributed by atoms with Crippen LogP contribution in [0.1, 0.15) is 0 Å². The molecule has 0 amide bonds. The van der Waals surface area contributed by atoms with Gasteiger partial charge < -0.3 is 8.98 Å². The third kappa shape index (κ3) is 5.04. The molecule has 0 aliphatic rings. The van der Waals surface area contributed by atoms with Gasteiger partial charge in [-0.15, -0.1) is 11.3 Å². The van der Waals surface area contributed by atoms with E-state index < -0.39 is 0 Å². The summed E-state index contributed by atoms with van der Waals surface area (Å²) in [4.78, 5) is 14.9. The summed E-state index contributed by atoms with van der Waals surface area (Å²) in [5.41, 5.74) is 10.1. The molecule has 0 unspecified atom stereocenters. The Hall–Kier alpha value is -7.41. The van der Waals surface area contributed by atoms with Crippen molar-refractivity contribution in [3.63, 3.8) is 0 Å². The highest BCUT2D eigenvalue weighted by molar-refractivity contribution is 7.26. The standard InChI is InChI=1S/C51H30N4OS/c1-3-13-31(14-4-1)49-52-50(32-15-5-2-6-16-32)54-51(53-49)41-22-12-20-39-38-27-25-33(29-45(38)56-47(39)41)35-19-11-21-40-42-30-34(26-28-46(42)57-48(35)40)55-43-23-9-7-17-36(43)37-18-8-10-24-44(37)55/h1-30H. The molecule has 5 nitrogen and oxygen atoms in total. The van der Waals surface area contributed by atoms with E-state index in [1.807, 2.05) is 78.1 Å². The topological polar surface area (TPSA) is 56.7 Å². The average Bonchev–Trinajstić information content (AvgIpc) is 3.96. The Labute approximate surface area is 330 Å². The van der Waals surface area contributed by atoms with Gasteiger partial charge in [0.2, 0.25) is 0 Å². The van der Waals surface area contributed by atoms with Gasteiger partial charge in [0, 0.05) is 58.5 Å². The van der Waals surface area contributed by atoms with Crippen molar-refractivity contribution in [1.82, 2.24) is 19.5 Å². The molecular formula is C51H30N4OS. The minimum Gasteiger partial charge on any atom is -0.455 e. The average molecular weight is 747 g/mol. The van der Waals surface area contributed by atoms with Gasteiger partial charge in [-0.2, -0.15) is 0 Å². The predicted octanol–water partition coefficient (Wildman–Crippen LogP) is 13.9. The van der Waals surface area contributed by atoms with Crippen LogP contribution in [-0.4, -0.2) is 19.5 Å². The molecule has 0 aliphatic heterocycles. The van der Waals surface area contributed by atoms with E-state index in [4.69, 9.17) is 19.4 Å². The molecule has 0 fully saturated rings. The van der Waals surface area contributed by atoms with Crippen molar-refractivity contribution < 1.29 is 4.42 Å². The molecule has 12 aromatic rings. The van der Waals surface area contributed by atoms with Crippen molar-refractivity contribution in [2.24, 2.45) is 0 Å². The number of furan rings is 1. The van der Waals surface area contributed by atoms with E-state index in [9.17, 15) is 0 Å². The van der Waals surface area contributed by atoms with Crippen molar-refractivity contribution in [2.45, 2.75) is 0 Å². The van der Waals surface area contributed by atoms with Gasteiger partial charge in [0.15, 0.2) is 17.5 Å². The smallest absolute Gasteiger partial charge is 0.167 e. The Morgan fingerprint density at radius 2 is 1.00 bits per heavy atom. The zero-order valence-corrected chi connectivity index (χ0v) is 31.2. The molecule has 12 rings (SSSR count). The highest BCUT2D eigenvalue weighted by Crippen LogP contribution is 2.43. The SMILES string of the molecule is c1ccc(-c2nc(-c3ccccc3)nc(-c3cccc4c3oc3cc(-c5cccc6c5sc5ccc(-n7c8ccccc8c8ccccc87)cc56)ccc34)n2)cc1. The zero-order valence-electron chi connectivity index (χ0n) is 30.4. The summed E-state index contributed by atoms with van der Waals surface area (Å²) >= 11 is 1.84. The van der Waals surface area contributed by atoms with E-state index in [2.05, 4.69) is 120 Å². The number of para-hydroxylation sites is 3. The summed E-state index contributed by atoms with van der Waals surface area (Å²) in [5.74, 6) is 1.81. The van der Waals surface area contributed by atoms with Crippen molar-refractivity contribution >= 4 is 75.3 Å². The van der Waals surface area contributed by atoms with Crippen LogP contribution in [0.3, 0.4) is 0 Å². The molecule has 8 aromatic carbocycles. The van der Waals surface area contributed by atoms with Gasteiger partial charge in [0.05, 0.1) is 16.6 Å². The van der Waals surface area contributed by atoms with Gasteiger partial charge >= 0.3 is 0 Å². The van der Waals surface area contributed by atoms with E-state index in [1.54, 1.807) is 0 Å². The maximum Gasteiger partial charge on any atom is 0.167 e. The second kappa shape index (κ2) is 12.6.